The summed E-state index contributed by atoms with van der Waals surface area (Å²) in [4.78, 5) is 0. The number of hydrogen-bond acceptors (Lipinski definition) is 0. The van der Waals surface area contributed by atoms with Crippen LogP contribution in [0.5, 0.6) is 0 Å². The Morgan fingerprint density at radius 2 is 0.688 bits per heavy atom. The Hall–Kier alpha value is -6.12. The summed E-state index contributed by atoms with van der Waals surface area (Å²) in [5.41, 5.74) is 10.0. The molecule has 0 fully saturated rings. The van der Waals surface area contributed by atoms with Crippen LogP contribution in [0, 0.1) is 0 Å². The first-order valence-electron chi connectivity index (χ1n) is 16.7. The van der Waals surface area contributed by atoms with Crippen LogP contribution in [0.25, 0.3) is 109 Å². The van der Waals surface area contributed by atoms with Crippen molar-refractivity contribution in [2.24, 2.45) is 14.1 Å². The standard InChI is InChI=1S/C46H30N2/c1-47-35-25-21-31-17-9-15-29-19-23-33(41(35)37(29)31)43-40(28-13-7-4-8-14-28)46-44(39(45(43)47)27-11-5-3-6-12-27)34-24-20-30-16-10-18-32-22-26-36(48(46)2)42(34)38(30)32/h3-26H,1-2H3/q+2. The molecule has 0 aliphatic carbocycles. The molecule has 9 aromatic carbocycles. The topological polar surface area (TPSA) is 7.76 Å². The largest absolute Gasteiger partial charge is 0.223 e. The van der Waals surface area contributed by atoms with Crippen LogP contribution in [0.2, 0.25) is 0 Å². The molecule has 0 radical (unpaired) electrons. The second-order valence-corrected chi connectivity index (χ2v) is 13.4. The molecule has 0 amide bonds. The molecular formula is C46H30N2+2. The molecule has 11 aromatic rings. The molecule has 0 N–H and O–H groups in total. The fourth-order valence-corrected chi connectivity index (χ4v) is 9.04. The molecule has 2 heteroatoms. The van der Waals surface area contributed by atoms with E-state index < -0.39 is 0 Å². The van der Waals surface area contributed by atoms with E-state index in [2.05, 4.69) is 169 Å². The molecule has 0 bridgehead atoms. The summed E-state index contributed by atoms with van der Waals surface area (Å²) >= 11 is 0. The molecular weight excluding hydrogens is 581 g/mol. The van der Waals surface area contributed by atoms with Gasteiger partial charge in [-0.25, -0.2) is 0 Å². The fourth-order valence-electron chi connectivity index (χ4n) is 9.04. The maximum atomic E-state index is 2.48. The zero-order chi connectivity index (χ0) is 31.7. The third-order valence-corrected chi connectivity index (χ3v) is 11.0. The number of benzene rings is 9. The lowest BCUT2D eigenvalue weighted by Crippen LogP contribution is -2.34. The van der Waals surface area contributed by atoms with Gasteiger partial charge in [0.1, 0.15) is 14.1 Å². The Bertz CT molecular complexity index is 2860. The van der Waals surface area contributed by atoms with E-state index in [1.54, 1.807) is 0 Å². The van der Waals surface area contributed by atoms with Gasteiger partial charge in [0.15, 0.2) is 0 Å². The highest BCUT2D eigenvalue weighted by atomic mass is 15.0. The normalized spacial score (nSPS) is 12.4. The molecule has 11 rings (SSSR count). The van der Waals surface area contributed by atoms with E-state index in [4.69, 9.17) is 0 Å². The van der Waals surface area contributed by atoms with Crippen LogP contribution in [-0.2, 0) is 14.1 Å². The van der Waals surface area contributed by atoms with Gasteiger partial charge in [0, 0.05) is 33.7 Å². The van der Waals surface area contributed by atoms with Gasteiger partial charge in [0.25, 0.3) is 0 Å². The van der Waals surface area contributed by atoms with Crippen molar-refractivity contribution in [3.8, 4) is 22.3 Å². The second kappa shape index (κ2) is 9.24. The molecule has 0 aliphatic heterocycles. The Morgan fingerprint density at radius 1 is 0.312 bits per heavy atom. The molecule has 0 saturated heterocycles. The lowest BCUT2D eigenvalue weighted by atomic mass is 9.83. The average molecular weight is 611 g/mol. The first-order valence-corrected chi connectivity index (χ1v) is 16.7. The summed E-state index contributed by atoms with van der Waals surface area (Å²) in [6.45, 7) is 0. The lowest BCUT2D eigenvalue weighted by Gasteiger charge is -2.20. The monoisotopic (exact) mass is 610 g/mol. The summed E-state index contributed by atoms with van der Waals surface area (Å²) in [6.07, 6.45) is 0. The van der Waals surface area contributed by atoms with Crippen molar-refractivity contribution >= 4 is 86.7 Å². The first-order chi connectivity index (χ1) is 23.7. The zero-order valence-electron chi connectivity index (χ0n) is 26.8. The minimum atomic E-state index is 1.23. The van der Waals surface area contributed by atoms with Gasteiger partial charge in [-0.15, -0.1) is 0 Å². The summed E-state index contributed by atoms with van der Waals surface area (Å²) in [6, 6.07) is 54.1. The summed E-state index contributed by atoms with van der Waals surface area (Å²) in [5.74, 6) is 0. The lowest BCUT2D eigenvalue weighted by molar-refractivity contribution is -0.618. The predicted octanol–water partition coefficient (Wildman–Crippen LogP) is 10.8. The summed E-state index contributed by atoms with van der Waals surface area (Å²) < 4.78 is 4.96. The van der Waals surface area contributed by atoms with Crippen molar-refractivity contribution in [2.75, 3.05) is 0 Å². The molecule has 0 aliphatic rings. The number of aromatic nitrogens is 2. The molecule has 0 saturated carbocycles. The van der Waals surface area contributed by atoms with Gasteiger partial charge in [-0.1, -0.05) is 121 Å². The molecule has 0 atom stereocenters. The van der Waals surface area contributed by atoms with Crippen molar-refractivity contribution in [1.82, 2.24) is 0 Å². The van der Waals surface area contributed by atoms with Crippen molar-refractivity contribution < 1.29 is 9.13 Å². The summed E-state index contributed by atoms with van der Waals surface area (Å²) in [5, 5.41) is 15.6. The van der Waals surface area contributed by atoms with E-state index in [-0.39, 0.29) is 0 Å². The highest BCUT2D eigenvalue weighted by molar-refractivity contribution is 6.36. The van der Waals surface area contributed by atoms with E-state index in [9.17, 15) is 0 Å². The van der Waals surface area contributed by atoms with Crippen LogP contribution in [0.3, 0.4) is 0 Å². The van der Waals surface area contributed by atoms with Crippen LogP contribution in [0.15, 0.2) is 146 Å². The predicted molar refractivity (Wildman–Crippen MR) is 202 cm³/mol. The first kappa shape index (κ1) is 26.0. The number of aryl methyl sites for hydroxylation is 2. The van der Waals surface area contributed by atoms with Crippen LogP contribution in [0.4, 0.5) is 0 Å². The molecule has 2 heterocycles. The minimum Gasteiger partial charge on any atom is -0.193 e. The van der Waals surface area contributed by atoms with Gasteiger partial charge in [-0.05, 0) is 44.8 Å². The van der Waals surface area contributed by atoms with E-state index >= 15 is 0 Å². The highest BCUT2D eigenvalue weighted by Crippen LogP contribution is 2.49. The third kappa shape index (κ3) is 3.17. The van der Waals surface area contributed by atoms with Crippen molar-refractivity contribution in [3.05, 3.63) is 146 Å². The molecule has 0 unspecified atom stereocenters. The minimum absolute atomic E-state index is 1.23. The number of hydrogen-bond donors (Lipinski definition) is 0. The Morgan fingerprint density at radius 3 is 1.08 bits per heavy atom. The zero-order valence-corrected chi connectivity index (χ0v) is 26.8. The van der Waals surface area contributed by atoms with E-state index in [0.29, 0.717) is 0 Å². The highest BCUT2D eigenvalue weighted by Gasteiger charge is 2.34. The maximum absolute atomic E-state index is 2.48. The SMILES string of the molecule is C[n+]1c2ccc3cccc4ccc(c5c(-c6ccccc6)c6c(c(-c7ccccc7)c51)c1ccc5cccc7ccc(c1c57)[n+]6C)c2c43. The molecule has 222 valence electrons. The van der Waals surface area contributed by atoms with Crippen LogP contribution < -0.4 is 9.13 Å². The molecule has 48 heavy (non-hydrogen) atoms. The van der Waals surface area contributed by atoms with Crippen molar-refractivity contribution in [2.45, 2.75) is 0 Å². The number of fused-ring (bicyclic) bond motifs is 4. The van der Waals surface area contributed by atoms with Crippen molar-refractivity contribution in [1.29, 1.82) is 0 Å². The molecule has 2 nitrogen and oxygen atoms in total. The number of rotatable bonds is 2. The van der Waals surface area contributed by atoms with Gasteiger partial charge < -0.3 is 0 Å². The molecule has 2 aromatic heterocycles. The van der Waals surface area contributed by atoms with Gasteiger partial charge in [0.05, 0.1) is 32.7 Å². The van der Waals surface area contributed by atoms with Crippen LogP contribution in [-0.4, -0.2) is 0 Å². The van der Waals surface area contributed by atoms with Gasteiger partial charge >= 0.3 is 0 Å². The smallest absolute Gasteiger partial charge is 0.193 e. The number of pyridine rings is 2. The van der Waals surface area contributed by atoms with Gasteiger partial charge in [0.2, 0.25) is 22.1 Å². The van der Waals surface area contributed by atoms with Crippen LogP contribution >= 0.6 is 0 Å². The van der Waals surface area contributed by atoms with Gasteiger partial charge in [-0.3, -0.25) is 0 Å². The Kier molecular flexibility index (Phi) is 5.01. The maximum Gasteiger partial charge on any atom is 0.223 e. The quantitative estimate of drug-likeness (QED) is 0.105. The molecule has 0 spiro atoms. The average Bonchev–Trinajstić information content (AvgIpc) is 3.14. The second-order valence-electron chi connectivity index (χ2n) is 13.4. The van der Waals surface area contributed by atoms with Gasteiger partial charge in [-0.2, -0.15) is 9.13 Å². The van der Waals surface area contributed by atoms with Crippen LogP contribution in [0.1, 0.15) is 0 Å². The van der Waals surface area contributed by atoms with E-state index in [1.807, 2.05) is 0 Å². The Labute approximate surface area is 277 Å². The summed E-state index contributed by atoms with van der Waals surface area (Å²) in [7, 11) is 4.55. The Balaban J connectivity index is 1.55. The van der Waals surface area contributed by atoms with Crippen molar-refractivity contribution in [3.63, 3.8) is 0 Å². The van der Waals surface area contributed by atoms with E-state index in [1.165, 1.54) is 109 Å². The fraction of sp³-hybridized carbons (Fsp3) is 0.0435. The van der Waals surface area contributed by atoms with E-state index in [0.717, 1.165) is 0 Å². The number of nitrogens with zero attached hydrogens (tertiary/aromatic N) is 2. The third-order valence-electron chi connectivity index (χ3n) is 11.0.